The first-order chi connectivity index (χ1) is 9.77. The molecule has 1 rings (SSSR count). The molecule has 0 bridgehead atoms. The molecule has 1 saturated carbocycles. The SMILES string of the molecule is CCCCCCCCC(NCCC)C1CCCC(C)C1. The Hall–Kier alpha value is -0.0400. The molecule has 1 nitrogen and oxygen atoms in total. The molecule has 120 valence electrons. The molecule has 0 aromatic rings. The second-order valence-electron chi connectivity index (χ2n) is 7.15. The van der Waals surface area contributed by atoms with E-state index >= 15 is 0 Å². The average Bonchev–Trinajstić information content (AvgIpc) is 2.45. The minimum Gasteiger partial charge on any atom is -0.314 e. The van der Waals surface area contributed by atoms with E-state index in [1.807, 2.05) is 0 Å². The highest BCUT2D eigenvalue weighted by Crippen LogP contribution is 2.32. The van der Waals surface area contributed by atoms with E-state index in [4.69, 9.17) is 0 Å². The summed E-state index contributed by atoms with van der Waals surface area (Å²) >= 11 is 0. The number of rotatable bonds is 11. The molecule has 1 N–H and O–H groups in total. The molecule has 1 heteroatoms. The van der Waals surface area contributed by atoms with Crippen molar-refractivity contribution >= 4 is 0 Å². The van der Waals surface area contributed by atoms with Gasteiger partial charge in [-0.15, -0.1) is 0 Å². The van der Waals surface area contributed by atoms with Crippen molar-refractivity contribution in [1.82, 2.24) is 5.32 Å². The Morgan fingerprint density at radius 3 is 2.40 bits per heavy atom. The van der Waals surface area contributed by atoms with Crippen molar-refractivity contribution in [2.24, 2.45) is 11.8 Å². The Morgan fingerprint density at radius 2 is 1.70 bits per heavy atom. The van der Waals surface area contributed by atoms with E-state index in [0.29, 0.717) is 0 Å². The van der Waals surface area contributed by atoms with Gasteiger partial charge in [-0.3, -0.25) is 0 Å². The monoisotopic (exact) mass is 281 g/mol. The zero-order valence-corrected chi connectivity index (χ0v) is 14.4. The van der Waals surface area contributed by atoms with Gasteiger partial charge in [0.25, 0.3) is 0 Å². The Bertz CT molecular complexity index is 214. The predicted octanol–water partition coefficient (Wildman–Crippen LogP) is 5.93. The second-order valence-corrected chi connectivity index (χ2v) is 7.15. The summed E-state index contributed by atoms with van der Waals surface area (Å²) in [5, 5.41) is 3.86. The van der Waals surface area contributed by atoms with Crippen LogP contribution in [0.5, 0.6) is 0 Å². The fourth-order valence-electron chi connectivity index (χ4n) is 3.83. The summed E-state index contributed by atoms with van der Waals surface area (Å²) in [4.78, 5) is 0. The number of hydrogen-bond acceptors (Lipinski definition) is 1. The highest BCUT2D eigenvalue weighted by molar-refractivity contribution is 4.81. The van der Waals surface area contributed by atoms with Gasteiger partial charge in [0.2, 0.25) is 0 Å². The largest absolute Gasteiger partial charge is 0.314 e. The van der Waals surface area contributed by atoms with Crippen molar-refractivity contribution in [3.05, 3.63) is 0 Å². The summed E-state index contributed by atoms with van der Waals surface area (Å²) in [5.41, 5.74) is 0. The first-order valence-electron chi connectivity index (χ1n) is 9.51. The number of hydrogen-bond donors (Lipinski definition) is 1. The Kier molecular flexibility index (Phi) is 10.4. The first kappa shape index (κ1) is 18.0. The molecule has 0 radical (unpaired) electrons. The fraction of sp³-hybridized carbons (Fsp3) is 1.00. The number of unbranched alkanes of at least 4 members (excludes halogenated alkanes) is 5. The van der Waals surface area contributed by atoms with Crippen LogP contribution in [0.3, 0.4) is 0 Å². The van der Waals surface area contributed by atoms with E-state index in [1.54, 1.807) is 0 Å². The quantitative estimate of drug-likeness (QED) is 0.463. The molecule has 0 spiro atoms. The zero-order valence-electron chi connectivity index (χ0n) is 14.4. The second kappa shape index (κ2) is 11.6. The minimum absolute atomic E-state index is 0.809. The van der Waals surface area contributed by atoms with Crippen molar-refractivity contribution in [3.63, 3.8) is 0 Å². The first-order valence-corrected chi connectivity index (χ1v) is 9.51. The van der Waals surface area contributed by atoms with Crippen LogP contribution in [-0.4, -0.2) is 12.6 Å². The molecule has 0 saturated heterocycles. The van der Waals surface area contributed by atoms with Crippen molar-refractivity contribution in [2.45, 2.75) is 104 Å². The van der Waals surface area contributed by atoms with Crippen LogP contribution in [0, 0.1) is 11.8 Å². The molecule has 1 aliphatic rings. The Morgan fingerprint density at radius 1 is 0.950 bits per heavy atom. The Balaban J connectivity index is 2.24. The zero-order chi connectivity index (χ0) is 14.6. The van der Waals surface area contributed by atoms with Crippen LogP contribution in [0.1, 0.15) is 97.8 Å². The molecule has 3 unspecified atom stereocenters. The molecule has 0 amide bonds. The lowest BCUT2D eigenvalue weighted by Gasteiger charge is -2.34. The third kappa shape index (κ3) is 7.67. The molecule has 1 fully saturated rings. The lowest BCUT2D eigenvalue weighted by atomic mass is 9.77. The maximum atomic E-state index is 3.86. The van der Waals surface area contributed by atoms with E-state index in [1.165, 1.54) is 83.6 Å². The third-order valence-electron chi connectivity index (χ3n) is 5.07. The standard InChI is InChI=1S/C19H39N/c1-4-6-7-8-9-10-14-19(20-15-5-2)18-13-11-12-17(3)16-18/h17-20H,4-16H2,1-3H3. The number of nitrogens with one attached hydrogen (secondary N) is 1. The lowest BCUT2D eigenvalue weighted by Crippen LogP contribution is -2.38. The van der Waals surface area contributed by atoms with Crippen molar-refractivity contribution in [1.29, 1.82) is 0 Å². The van der Waals surface area contributed by atoms with Gasteiger partial charge in [-0.1, -0.05) is 72.1 Å². The summed E-state index contributed by atoms with van der Waals surface area (Å²) in [5.74, 6) is 1.92. The predicted molar refractivity (Wildman–Crippen MR) is 91.2 cm³/mol. The summed E-state index contributed by atoms with van der Waals surface area (Å²) in [6.07, 6.45) is 17.2. The summed E-state index contributed by atoms with van der Waals surface area (Å²) < 4.78 is 0. The summed E-state index contributed by atoms with van der Waals surface area (Å²) in [7, 11) is 0. The molecular weight excluding hydrogens is 242 g/mol. The molecule has 0 heterocycles. The van der Waals surface area contributed by atoms with Crippen LogP contribution in [0.4, 0.5) is 0 Å². The van der Waals surface area contributed by atoms with Gasteiger partial charge in [0.1, 0.15) is 0 Å². The fourth-order valence-corrected chi connectivity index (χ4v) is 3.83. The van der Waals surface area contributed by atoms with Crippen molar-refractivity contribution in [2.75, 3.05) is 6.54 Å². The molecule has 0 aliphatic heterocycles. The smallest absolute Gasteiger partial charge is 0.00954 e. The van der Waals surface area contributed by atoms with Crippen molar-refractivity contribution in [3.8, 4) is 0 Å². The van der Waals surface area contributed by atoms with E-state index in [-0.39, 0.29) is 0 Å². The highest BCUT2D eigenvalue weighted by Gasteiger charge is 2.25. The average molecular weight is 282 g/mol. The van der Waals surface area contributed by atoms with Gasteiger partial charge in [0.05, 0.1) is 0 Å². The molecular formula is C19H39N. The van der Waals surface area contributed by atoms with Crippen molar-refractivity contribution < 1.29 is 0 Å². The van der Waals surface area contributed by atoms with E-state index in [0.717, 1.165) is 17.9 Å². The minimum atomic E-state index is 0.809. The van der Waals surface area contributed by atoms with Crippen LogP contribution < -0.4 is 5.32 Å². The normalized spacial score (nSPS) is 24.8. The van der Waals surface area contributed by atoms with Gasteiger partial charge >= 0.3 is 0 Å². The molecule has 20 heavy (non-hydrogen) atoms. The van der Waals surface area contributed by atoms with Crippen LogP contribution in [-0.2, 0) is 0 Å². The molecule has 0 aromatic carbocycles. The van der Waals surface area contributed by atoms with Crippen LogP contribution >= 0.6 is 0 Å². The van der Waals surface area contributed by atoms with Crippen LogP contribution in [0.2, 0.25) is 0 Å². The Labute approximate surface area is 128 Å². The topological polar surface area (TPSA) is 12.0 Å². The van der Waals surface area contributed by atoms with Gasteiger partial charge in [-0.05, 0) is 44.1 Å². The van der Waals surface area contributed by atoms with Gasteiger partial charge in [-0.25, -0.2) is 0 Å². The van der Waals surface area contributed by atoms with Crippen LogP contribution in [0.25, 0.3) is 0 Å². The maximum absolute atomic E-state index is 3.86. The van der Waals surface area contributed by atoms with E-state index in [2.05, 4.69) is 26.1 Å². The van der Waals surface area contributed by atoms with Gasteiger partial charge in [-0.2, -0.15) is 0 Å². The molecule has 0 aromatic heterocycles. The maximum Gasteiger partial charge on any atom is 0.00954 e. The van der Waals surface area contributed by atoms with Gasteiger partial charge in [0.15, 0.2) is 0 Å². The third-order valence-corrected chi connectivity index (χ3v) is 5.07. The van der Waals surface area contributed by atoms with Gasteiger partial charge in [0, 0.05) is 6.04 Å². The molecule has 1 aliphatic carbocycles. The van der Waals surface area contributed by atoms with Crippen LogP contribution in [0.15, 0.2) is 0 Å². The summed E-state index contributed by atoms with van der Waals surface area (Å²) in [6.45, 7) is 8.26. The van der Waals surface area contributed by atoms with E-state index < -0.39 is 0 Å². The van der Waals surface area contributed by atoms with E-state index in [9.17, 15) is 0 Å². The highest BCUT2D eigenvalue weighted by atomic mass is 14.9. The van der Waals surface area contributed by atoms with Gasteiger partial charge < -0.3 is 5.32 Å². The summed E-state index contributed by atoms with van der Waals surface area (Å²) in [6, 6.07) is 0.809. The lowest BCUT2D eigenvalue weighted by molar-refractivity contribution is 0.212. The molecule has 3 atom stereocenters.